The highest BCUT2D eigenvalue weighted by atomic mass is 16.4. The van der Waals surface area contributed by atoms with E-state index in [0.29, 0.717) is 11.0 Å². The molecule has 0 saturated heterocycles. The van der Waals surface area contributed by atoms with Crippen molar-refractivity contribution in [3.8, 4) is 0 Å². The molecule has 0 radical (unpaired) electrons. The van der Waals surface area contributed by atoms with Crippen LogP contribution in [0.15, 0.2) is 34.9 Å². The number of fused-ring (bicyclic) bond motifs is 1. The van der Waals surface area contributed by atoms with E-state index in [0.717, 1.165) is 5.39 Å². The van der Waals surface area contributed by atoms with Crippen molar-refractivity contribution >= 4 is 23.6 Å². The Morgan fingerprint density at radius 1 is 1.17 bits per heavy atom. The van der Waals surface area contributed by atoms with Gasteiger partial charge in [0, 0.05) is 5.39 Å². The Kier molecular flexibility index (Phi) is 1.64. The lowest BCUT2D eigenvalue weighted by atomic mass is 9.80. The van der Waals surface area contributed by atoms with Gasteiger partial charge in [0.1, 0.15) is 5.58 Å². The zero-order valence-corrected chi connectivity index (χ0v) is 6.27. The molecule has 0 amide bonds. The van der Waals surface area contributed by atoms with Crippen LogP contribution in [0.4, 0.5) is 0 Å². The van der Waals surface area contributed by atoms with Crippen molar-refractivity contribution in [3.63, 3.8) is 0 Å². The van der Waals surface area contributed by atoms with Crippen LogP contribution in [0, 0.1) is 0 Å². The largest absolute Gasteiger partial charge is 0.488 e. The van der Waals surface area contributed by atoms with Gasteiger partial charge in [0.25, 0.3) is 0 Å². The molecule has 3 nitrogen and oxygen atoms in total. The molecule has 0 saturated carbocycles. The molecule has 1 heterocycles. The predicted octanol–water partition coefficient (Wildman–Crippen LogP) is 0.113. The van der Waals surface area contributed by atoms with Gasteiger partial charge in [0.15, 0.2) is 0 Å². The van der Waals surface area contributed by atoms with Crippen molar-refractivity contribution < 1.29 is 14.5 Å². The topological polar surface area (TPSA) is 53.6 Å². The van der Waals surface area contributed by atoms with E-state index >= 15 is 0 Å². The quantitative estimate of drug-likeness (QED) is 0.585. The van der Waals surface area contributed by atoms with Crippen LogP contribution in [-0.2, 0) is 0 Å². The van der Waals surface area contributed by atoms with E-state index in [2.05, 4.69) is 0 Å². The van der Waals surface area contributed by atoms with Crippen LogP contribution in [0.2, 0.25) is 0 Å². The van der Waals surface area contributed by atoms with Gasteiger partial charge in [0.05, 0.1) is 6.26 Å². The highest BCUT2D eigenvalue weighted by Crippen LogP contribution is 2.12. The molecule has 0 bridgehead atoms. The Hall–Kier alpha value is -1.26. The number of hydrogen-bond donors (Lipinski definition) is 2. The summed E-state index contributed by atoms with van der Waals surface area (Å²) in [7, 11) is -1.43. The highest BCUT2D eigenvalue weighted by Gasteiger charge is 2.11. The second kappa shape index (κ2) is 2.66. The fourth-order valence-corrected chi connectivity index (χ4v) is 1.13. The summed E-state index contributed by atoms with van der Waals surface area (Å²) in [4.78, 5) is 0. The van der Waals surface area contributed by atoms with Crippen molar-refractivity contribution in [2.45, 2.75) is 0 Å². The van der Waals surface area contributed by atoms with Crippen molar-refractivity contribution in [1.29, 1.82) is 0 Å². The van der Waals surface area contributed by atoms with Crippen molar-refractivity contribution in [2.75, 3.05) is 0 Å². The third-order valence-corrected chi connectivity index (χ3v) is 1.78. The van der Waals surface area contributed by atoms with Crippen molar-refractivity contribution in [1.82, 2.24) is 0 Å². The lowest BCUT2D eigenvalue weighted by molar-refractivity contribution is 0.425. The van der Waals surface area contributed by atoms with E-state index in [1.165, 1.54) is 0 Å². The van der Waals surface area contributed by atoms with Crippen LogP contribution >= 0.6 is 0 Å². The smallest absolute Gasteiger partial charge is 0.464 e. The fraction of sp³-hybridized carbons (Fsp3) is 0. The third-order valence-electron chi connectivity index (χ3n) is 1.78. The lowest BCUT2D eigenvalue weighted by Crippen LogP contribution is -2.29. The summed E-state index contributed by atoms with van der Waals surface area (Å²) in [6, 6.07) is 6.87. The summed E-state index contributed by atoms with van der Waals surface area (Å²) in [5.41, 5.74) is 1.11. The second-order valence-electron chi connectivity index (χ2n) is 2.59. The van der Waals surface area contributed by atoms with E-state index in [1.54, 1.807) is 24.5 Å². The molecule has 0 fully saturated rings. The molecule has 2 N–H and O–H groups in total. The molecule has 0 aliphatic carbocycles. The Morgan fingerprint density at radius 3 is 2.75 bits per heavy atom. The maximum atomic E-state index is 8.83. The number of furan rings is 1. The molecule has 1 aromatic carbocycles. The summed E-state index contributed by atoms with van der Waals surface area (Å²) in [5.74, 6) is 0. The van der Waals surface area contributed by atoms with Gasteiger partial charge in [-0.15, -0.1) is 0 Å². The Balaban J connectivity index is 2.60. The summed E-state index contributed by atoms with van der Waals surface area (Å²) in [6.07, 6.45) is 1.57. The van der Waals surface area contributed by atoms with Crippen LogP contribution in [0.5, 0.6) is 0 Å². The summed E-state index contributed by atoms with van der Waals surface area (Å²) in [5, 5.41) is 18.6. The average Bonchev–Trinajstić information content (AvgIpc) is 2.49. The maximum Gasteiger partial charge on any atom is 0.488 e. The van der Waals surface area contributed by atoms with E-state index in [1.807, 2.05) is 6.07 Å². The van der Waals surface area contributed by atoms with Crippen LogP contribution in [0.25, 0.3) is 11.0 Å². The number of benzene rings is 1. The Bertz CT molecular complexity index is 394. The molecule has 2 rings (SSSR count). The van der Waals surface area contributed by atoms with E-state index in [-0.39, 0.29) is 0 Å². The first-order valence-corrected chi connectivity index (χ1v) is 3.60. The lowest BCUT2D eigenvalue weighted by Gasteiger charge is -1.96. The molecule has 0 spiro atoms. The van der Waals surface area contributed by atoms with Gasteiger partial charge in [-0.05, 0) is 17.6 Å². The highest BCUT2D eigenvalue weighted by molar-refractivity contribution is 6.58. The molecule has 0 aliphatic rings. The van der Waals surface area contributed by atoms with Gasteiger partial charge in [-0.3, -0.25) is 0 Å². The standard InChI is InChI=1S/C8H7BO3/c10-9(11)7-2-1-6-3-4-12-8(6)5-7/h1-5,10-11H. The minimum atomic E-state index is -1.43. The van der Waals surface area contributed by atoms with Crippen LogP contribution in [0.1, 0.15) is 0 Å². The predicted molar refractivity (Wildman–Crippen MR) is 46.0 cm³/mol. The summed E-state index contributed by atoms with van der Waals surface area (Å²) < 4.78 is 5.09. The maximum absolute atomic E-state index is 8.83. The van der Waals surface area contributed by atoms with Gasteiger partial charge >= 0.3 is 7.12 Å². The van der Waals surface area contributed by atoms with E-state index in [9.17, 15) is 0 Å². The summed E-state index contributed by atoms with van der Waals surface area (Å²) >= 11 is 0. The minimum Gasteiger partial charge on any atom is -0.464 e. The molecule has 0 aliphatic heterocycles. The van der Waals surface area contributed by atoms with Gasteiger partial charge in [-0.2, -0.15) is 0 Å². The molecule has 4 heteroatoms. The van der Waals surface area contributed by atoms with Crippen molar-refractivity contribution in [3.05, 3.63) is 30.5 Å². The van der Waals surface area contributed by atoms with Gasteiger partial charge in [0.2, 0.25) is 0 Å². The molecular weight excluding hydrogens is 155 g/mol. The Labute approximate surface area is 69.4 Å². The van der Waals surface area contributed by atoms with Crippen molar-refractivity contribution in [2.24, 2.45) is 0 Å². The molecule has 12 heavy (non-hydrogen) atoms. The molecule has 60 valence electrons. The molecule has 1 aromatic heterocycles. The van der Waals surface area contributed by atoms with Crippen LogP contribution < -0.4 is 5.46 Å². The summed E-state index contributed by atoms with van der Waals surface area (Å²) in [6.45, 7) is 0. The molecule has 0 unspecified atom stereocenters. The molecule has 2 aromatic rings. The van der Waals surface area contributed by atoms with Gasteiger partial charge in [-0.25, -0.2) is 0 Å². The third kappa shape index (κ3) is 1.11. The zero-order valence-electron chi connectivity index (χ0n) is 6.27. The van der Waals surface area contributed by atoms with E-state index < -0.39 is 7.12 Å². The van der Waals surface area contributed by atoms with Gasteiger partial charge < -0.3 is 14.5 Å². The fourth-order valence-electron chi connectivity index (χ4n) is 1.13. The molecular formula is C8H7BO3. The number of rotatable bonds is 1. The van der Waals surface area contributed by atoms with E-state index in [4.69, 9.17) is 14.5 Å². The first kappa shape index (κ1) is 7.40. The van der Waals surface area contributed by atoms with Crippen LogP contribution in [-0.4, -0.2) is 17.2 Å². The SMILES string of the molecule is OB(O)c1ccc2ccoc2c1. The first-order chi connectivity index (χ1) is 5.77. The van der Waals surface area contributed by atoms with Gasteiger partial charge in [-0.1, -0.05) is 12.1 Å². The minimum absolute atomic E-state index is 0.442. The first-order valence-electron chi connectivity index (χ1n) is 3.60. The monoisotopic (exact) mass is 162 g/mol. The average molecular weight is 162 g/mol. The zero-order chi connectivity index (χ0) is 8.55. The number of hydrogen-bond acceptors (Lipinski definition) is 3. The molecule has 0 atom stereocenters. The Morgan fingerprint density at radius 2 is 2.00 bits per heavy atom. The normalized spacial score (nSPS) is 10.5. The van der Waals surface area contributed by atoms with Crippen LogP contribution in [0.3, 0.4) is 0 Å². The second-order valence-corrected chi connectivity index (χ2v) is 2.59.